The van der Waals surface area contributed by atoms with E-state index in [2.05, 4.69) is 0 Å². The topological polar surface area (TPSA) is 47.1 Å². The number of hydrogen-bond acceptors (Lipinski definition) is 2. The molecule has 2 aliphatic heterocycles. The molecule has 1 spiro atoms. The first-order chi connectivity index (χ1) is 7.84. The second-order valence-electron chi connectivity index (χ2n) is 5.26. The van der Waals surface area contributed by atoms with Crippen molar-refractivity contribution in [2.24, 2.45) is 0 Å². The van der Waals surface area contributed by atoms with E-state index in [-0.39, 0.29) is 24.5 Å². The maximum Gasteiger partial charge on any atom is 0.325 e. The van der Waals surface area contributed by atoms with Gasteiger partial charge in [0.15, 0.2) is 0 Å². The molecule has 0 saturated carbocycles. The van der Waals surface area contributed by atoms with Crippen LogP contribution in [-0.4, -0.2) is 85.0 Å². The van der Waals surface area contributed by atoms with Crippen molar-refractivity contribution in [2.45, 2.75) is 0 Å². The van der Waals surface area contributed by atoms with Gasteiger partial charge >= 0.3 is 12.1 Å². The largest absolute Gasteiger partial charge is 1.00 e. The van der Waals surface area contributed by atoms with Crippen molar-refractivity contribution in [2.75, 3.05) is 53.3 Å². The molecule has 0 bridgehead atoms. The molecule has 2 saturated heterocycles. The third-order valence-corrected chi connectivity index (χ3v) is 7.45. The SMILES string of the molecule is CN1C[P+]2(CN(C)C1=O)CN(C)C(=O)N(C)C2.[Cl-]. The summed E-state index contributed by atoms with van der Waals surface area (Å²) in [6.07, 6.45) is 3.27. The van der Waals surface area contributed by atoms with Gasteiger partial charge in [-0.2, -0.15) is 0 Å². The van der Waals surface area contributed by atoms with Gasteiger partial charge in [-0.25, -0.2) is 9.59 Å². The van der Waals surface area contributed by atoms with E-state index >= 15 is 0 Å². The van der Waals surface area contributed by atoms with Crippen LogP contribution in [0.4, 0.5) is 9.59 Å². The highest BCUT2D eigenvalue weighted by molar-refractivity contribution is 7.75. The summed E-state index contributed by atoms with van der Waals surface area (Å²) in [4.78, 5) is 30.7. The van der Waals surface area contributed by atoms with Gasteiger partial charge in [-0.15, -0.1) is 0 Å². The first kappa shape index (κ1) is 15.3. The van der Waals surface area contributed by atoms with Crippen LogP contribution in [0.5, 0.6) is 0 Å². The van der Waals surface area contributed by atoms with Gasteiger partial charge in [0.2, 0.25) is 0 Å². The van der Waals surface area contributed by atoms with Gasteiger partial charge in [-0.3, -0.25) is 19.6 Å². The average Bonchev–Trinajstić information content (AvgIpc) is 2.22. The lowest BCUT2D eigenvalue weighted by molar-refractivity contribution is -0.0000102. The number of rotatable bonds is 0. The van der Waals surface area contributed by atoms with Crippen LogP contribution >= 0.6 is 7.26 Å². The van der Waals surface area contributed by atoms with Crippen molar-refractivity contribution >= 4 is 19.3 Å². The number of hydrogen-bond donors (Lipinski definition) is 0. The lowest BCUT2D eigenvalue weighted by Gasteiger charge is -2.45. The van der Waals surface area contributed by atoms with Crippen molar-refractivity contribution in [1.29, 1.82) is 0 Å². The summed E-state index contributed by atoms with van der Waals surface area (Å²) in [5.74, 6) is 0. The molecule has 0 radical (unpaired) electrons. The monoisotopic (exact) mass is 294 g/mol. The molecule has 18 heavy (non-hydrogen) atoms. The Kier molecular flexibility index (Phi) is 4.34. The summed E-state index contributed by atoms with van der Waals surface area (Å²) < 4.78 is 0. The Morgan fingerprint density at radius 1 is 0.722 bits per heavy atom. The van der Waals surface area contributed by atoms with Gasteiger partial charge in [0.1, 0.15) is 25.1 Å². The van der Waals surface area contributed by atoms with Crippen LogP contribution in [0.25, 0.3) is 0 Å². The van der Waals surface area contributed by atoms with Crippen LogP contribution in [0, 0.1) is 0 Å². The Morgan fingerprint density at radius 3 is 1.17 bits per heavy atom. The van der Waals surface area contributed by atoms with Crippen molar-refractivity contribution < 1.29 is 22.0 Å². The molecule has 2 heterocycles. The summed E-state index contributed by atoms with van der Waals surface area (Å²) in [6.45, 7) is 0. The summed E-state index contributed by atoms with van der Waals surface area (Å²) in [5.41, 5.74) is 0. The highest BCUT2D eigenvalue weighted by atomic mass is 35.5. The van der Waals surface area contributed by atoms with Gasteiger partial charge in [0.05, 0.1) is 7.26 Å². The van der Waals surface area contributed by atoms with Crippen LogP contribution in [0.3, 0.4) is 0 Å². The second kappa shape index (κ2) is 5.10. The smallest absolute Gasteiger partial charge is 0.325 e. The molecular formula is C10H20ClN4O2P. The van der Waals surface area contributed by atoms with Crippen molar-refractivity contribution in [3.8, 4) is 0 Å². The fraction of sp³-hybridized carbons (Fsp3) is 0.800. The molecule has 104 valence electrons. The third-order valence-electron chi connectivity index (χ3n) is 3.35. The molecule has 0 unspecified atom stereocenters. The molecule has 0 aromatic rings. The lowest BCUT2D eigenvalue weighted by Crippen LogP contribution is -3.00. The molecule has 2 rings (SSSR count). The summed E-state index contributed by atoms with van der Waals surface area (Å²) in [5, 5.41) is 0. The molecule has 2 aliphatic rings. The van der Waals surface area contributed by atoms with Gasteiger partial charge < -0.3 is 12.4 Å². The fourth-order valence-corrected chi connectivity index (χ4v) is 7.51. The highest BCUT2D eigenvalue weighted by Crippen LogP contribution is 2.63. The average molecular weight is 295 g/mol. The van der Waals surface area contributed by atoms with Crippen LogP contribution in [0.2, 0.25) is 0 Å². The highest BCUT2D eigenvalue weighted by Gasteiger charge is 2.52. The Balaban J connectivity index is 0.00000162. The molecule has 0 aromatic heterocycles. The summed E-state index contributed by atoms with van der Waals surface area (Å²) in [7, 11) is 6.05. The van der Waals surface area contributed by atoms with Crippen LogP contribution < -0.4 is 12.4 Å². The minimum absolute atomic E-state index is 0. The fourth-order valence-electron chi connectivity index (χ4n) is 2.89. The van der Waals surface area contributed by atoms with Crippen LogP contribution in [0.15, 0.2) is 0 Å². The lowest BCUT2D eigenvalue weighted by atomic mass is 10.7. The zero-order valence-corrected chi connectivity index (χ0v) is 12.9. The molecule has 8 heteroatoms. The van der Waals surface area contributed by atoms with Gasteiger partial charge in [-0.05, 0) is 0 Å². The third kappa shape index (κ3) is 2.50. The van der Waals surface area contributed by atoms with Crippen molar-refractivity contribution in [3.63, 3.8) is 0 Å². The number of carbonyl (C=O) groups is 2. The van der Waals surface area contributed by atoms with Crippen LogP contribution in [0.1, 0.15) is 0 Å². The Morgan fingerprint density at radius 2 is 0.944 bits per heavy atom. The molecule has 0 atom stereocenters. The summed E-state index contributed by atoms with van der Waals surface area (Å²) in [6, 6.07) is 0.163. The molecule has 0 N–H and O–H groups in total. The summed E-state index contributed by atoms with van der Waals surface area (Å²) >= 11 is 0. The number of urea groups is 2. The van der Waals surface area contributed by atoms with E-state index in [0.717, 1.165) is 25.1 Å². The van der Waals surface area contributed by atoms with Gasteiger partial charge in [0.25, 0.3) is 0 Å². The second-order valence-corrected chi connectivity index (χ2v) is 9.08. The first-order valence-corrected chi connectivity index (χ1v) is 8.15. The van der Waals surface area contributed by atoms with Gasteiger partial charge in [-0.1, -0.05) is 0 Å². The minimum Gasteiger partial charge on any atom is -1.00 e. The zero-order chi connectivity index (χ0) is 12.8. The maximum absolute atomic E-state index is 11.8. The van der Waals surface area contributed by atoms with Crippen molar-refractivity contribution in [3.05, 3.63) is 0 Å². The molecule has 0 aliphatic carbocycles. The van der Waals surface area contributed by atoms with Crippen molar-refractivity contribution in [1.82, 2.24) is 19.6 Å². The van der Waals surface area contributed by atoms with E-state index in [1.165, 1.54) is 0 Å². The Hall–Kier alpha value is -0.740. The van der Waals surface area contributed by atoms with E-state index in [9.17, 15) is 9.59 Å². The van der Waals surface area contributed by atoms with E-state index in [1.807, 2.05) is 28.2 Å². The predicted molar refractivity (Wildman–Crippen MR) is 68.2 cm³/mol. The number of carbonyl (C=O) groups excluding carboxylic acids is 2. The van der Waals surface area contributed by atoms with E-state index in [0.29, 0.717) is 0 Å². The van der Waals surface area contributed by atoms with E-state index < -0.39 is 7.26 Å². The molecule has 2 fully saturated rings. The molecular weight excluding hydrogens is 275 g/mol. The number of halogens is 1. The quantitative estimate of drug-likeness (QED) is 0.478. The first-order valence-electron chi connectivity index (χ1n) is 5.62. The van der Waals surface area contributed by atoms with E-state index in [4.69, 9.17) is 0 Å². The molecule has 0 aromatic carbocycles. The Bertz CT molecular complexity index is 302. The maximum atomic E-state index is 11.8. The van der Waals surface area contributed by atoms with Crippen LogP contribution in [-0.2, 0) is 0 Å². The van der Waals surface area contributed by atoms with Gasteiger partial charge in [0, 0.05) is 28.2 Å². The minimum atomic E-state index is -1.32. The number of amides is 4. The number of nitrogens with zero attached hydrogens (tertiary/aromatic N) is 4. The standard InChI is InChI=1S/C10H20N4O2P.ClH/c1-11-5-17(6-12(2)9(11)15)7-13(3)10(16)14(4)8-17;/h5-8H2,1-4H3;1H/q+1;/p-1. The Labute approximate surface area is 115 Å². The molecule has 4 amide bonds. The predicted octanol–water partition coefficient (Wildman–Crippen LogP) is -2.17. The van der Waals surface area contributed by atoms with E-state index in [1.54, 1.807) is 19.6 Å². The normalized spacial score (nSPS) is 23.6. The molecule has 6 nitrogen and oxygen atoms in total. The zero-order valence-electron chi connectivity index (χ0n) is 11.3.